The van der Waals surface area contributed by atoms with Gasteiger partial charge < -0.3 is 19.2 Å². The molecule has 132 valence electrons. The molecule has 1 aromatic heterocycles. The molecule has 1 heterocycles. The van der Waals surface area contributed by atoms with Crippen LogP contribution in [0.5, 0.6) is 5.75 Å². The van der Waals surface area contributed by atoms with Gasteiger partial charge in [0, 0.05) is 5.02 Å². The number of amides is 1. The second-order valence-corrected chi connectivity index (χ2v) is 5.06. The fourth-order valence-corrected chi connectivity index (χ4v) is 1.80. The first-order chi connectivity index (χ1) is 12.0. The first-order valence-electron chi connectivity index (χ1n) is 7.02. The molecule has 2 aromatic rings. The summed E-state index contributed by atoms with van der Waals surface area (Å²) in [6.07, 6.45) is 0. The number of carbonyl (C=O) groups is 2. The summed E-state index contributed by atoms with van der Waals surface area (Å²) in [5, 5.41) is 13.5. The minimum atomic E-state index is -0.972. The third kappa shape index (κ3) is 5.81. The van der Waals surface area contributed by atoms with Crippen molar-refractivity contribution in [1.82, 2.24) is 5.32 Å². The van der Waals surface area contributed by atoms with Crippen LogP contribution in [-0.2, 0) is 9.53 Å². The molecule has 0 saturated heterocycles. The van der Waals surface area contributed by atoms with E-state index in [-0.39, 0.29) is 18.9 Å². The Kier molecular flexibility index (Phi) is 6.35. The Morgan fingerprint density at radius 1 is 1.20 bits per heavy atom. The normalized spacial score (nSPS) is 10.1. The van der Waals surface area contributed by atoms with E-state index in [0.717, 1.165) is 12.1 Å². The predicted molar refractivity (Wildman–Crippen MR) is 85.6 cm³/mol. The number of benzene rings is 1. The van der Waals surface area contributed by atoms with E-state index < -0.39 is 29.3 Å². The summed E-state index contributed by atoms with van der Waals surface area (Å²) in [6.45, 7) is -0.134. The fourth-order valence-electron chi connectivity index (χ4n) is 1.68. The van der Waals surface area contributed by atoms with Gasteiger partial charge in [-0.25, -0.2) is 4.79 Å². The zero-order valence-corrected chi connectivity index (χ0v) is 13.5. The molecule has 10 heteroatoms. The van der Waals surface area contributed by atoms with Gasteiger partial charge in [0.05, 0.1) is 12.6 Å². The molecule has 2 rings (SSSR count). The molecule has 9 nitrogen and oxygen atoms in total. The highest BCUT2D eigenvalue weighted by Gasteiger charge is 2.19. The number of nitrogens with zero attached hydrogens (tertiary/aromatic N) is 1. The van der Waals surface area contributed by atoms with Gasteiger partial charge in [-0.05, 0) is 30.3 Å². The zero-order chi connectivity index (χ0) is 18.2. The summed E-state index contributed by atoms with van der Waals surface area (Å²) in [5.74, 6) is -1.86. The van der Waals surface area contributed by atoms with Crippen LogP contribution in [-0.4, -0.2) is 36.6 Å². The molecule has 0 aliphatic carbocycles. The molecule has 1 aromatic carbocycles. The highest BCUT2D eigenvalue weighted by molar-refractivity contribution is 6.30. The molecule has 0 bridgehead atoms. The van der Waals surface area contributed by atoms with Crippen molar-refractivity contribution in [2.75, 3.05) is 19.8 Å². The SMILES string of the molecule is O=C(COC(=O)c1ccc([N+](=O)[O-])o1)NCCOc1ccc(Cl)cc1. The molecule has 0 aliphatic rings. The van der Waals surface area contributed by atoms with E-state index in [2.05, 4.69) is 14.5 Å². The Morgan fingerprint density at radius 2 is 1.92 bits per heavy atom. The Balaban J connectivity index is 1.65. The number of hydrogen-bond acceptors (Lipinski definition) is 7. The third-order valence-electron chi connectivity index (χ3n) is 2.81. The molecule has 1 amide bonds. The van der Waals surface area contributed by atoms with Gasteiger partial charge in [-0.3, -0.25) is 14.9 Å². The van der Waals surface area contributed by atoms with Crippen LogP contribution in [0.1, 0.15) is 10.6 Å². The van der Waals surface area contributed by atoms with Crippen molar-refractivity contribution in [3.8, 4) is 5.75 Å². The number of carbonyl (C=O) groups excluding carboxylic acids is 2. The summed E-state index contributed by atoms with van der Waals surface area (Å²) in [7, 11) is 0. The lowest BCUT2D eigenvalue weighted by atomic mass is 10.3. The van der Waals surface area contributed by atoms with Crippen LogP contribution in [0.15, 0.2) is 40.8 Å². The summed E-state index contributed by atoms with van der Waals surface area (Å²) in [4.78, 5) is 32.8. The maximum atomic E-state index is 11.6. The number of ether oxygens (including phenoxy) is 2. The summed E-state index contributed by atoms with van der Waals surface area (Å²) >= 11 is 5.74. The number of rotatable bonds is 8. The smallest absolute Gasteiger partial charge is 0.433 e. The molecule has 0 spiro atoms. The van der Waals surface area contributed by atoms with Gasteiger partial charge in [0.25, 0.3) is 5.91 Å². The van der Waals surface area contributed by atoms with Crippen molar-refractivity contribution in [2.45, 2.75) is 0 Å². The number of hydrogen-bond donors (Lipinski definition) is 1. The maximum Gasteiger partial charge on any atom is 0.433 e. The van der Waals surface area contributed by atoms with Crippen LogP contribution in [0.3, 0.4) is 0 Å². The van der Waals surface area contributed by atoms with Crippen LogP contribution in [0, 0.1) is 10.1 Å². The number of nitro groups is 1. The molecule has 1 N–H and O–H groups in total. The monoisotopic (exact) mass is 368 g/mol. The molecular formula is C15H13ClN2O7. The lowest BCUT2D eigenvalue weighted by Crippen LogP contribution is -2.32. The van der Waals surface area contributed by atoms with Gasteiger partial charge in [0.2, 0.25) is 5.76 Å². The van der Waals surface area contributed by atoms with Gasteiger partial charge in [-0.2, -0.15) is 0 Å². The van der Waals surface area contributed by atoms with E-state index in [4.69, 9.17) is 16.3 Å². The van der Waals surface area contributed by atoms with Gasteiger partial charge >= 0.3 is 11.9 Å². The van der Waals surface area contributed by atoms with Crippen molar-refractivity contribution in [1.29, 1.82) is 0 Å². The maximum absolute atomic E-state index is 11.6. The topological polar surface area (TPSA) is 121 Å². The van der Waals surface area contributed by atoms with Crippen LogP contribution in [0.2, 0.25) is 5.02 Å². The van der Waals surface area contributed by atoms with Gasteiger partial charge in [-0.1, -0.05) is 11.6 Å². The van der Waals surface area contributed by atoms with Gasteiger partial charge in [0.1, 0.15) is 17.3 Å². The standard InChI is InChI=1S/C15H13ClN2O7/c16-10-1-3-11(4-2-10)23-8-7-17-13(19)9-24-15(20)12-5-6-14(25-12)18(21)22/h1-6H,7-9H2,(H,17,19). The quantitative estimate of drug-likeness (QED) is 0.328. The van der Waals surface area contributed by atoms with Crippen molar-refractivity contribution < 1.29 is 28.4 Å². The van der Waals surface area contributed by atoms with Crippen LogP contribution in [0.4, 0.5) is 5.88 Å². The van der Waals surface area contributed by atoms with E-state index in [1.54, 1.807) is 24.3 Å². The van der Waals surface area contributed by atoms with Gasteiger partial charge in [0.15, 0.2) is 6.61 Å². The Bertz CT molecular complexity index is 757. The Labute approximate surface area is 146 Å². The highest BCUT2D eigenvalue weighted by atomic mass is 35.5. The van der Waals surface area contributed by atoms with E-state index >= 15 is 0 Å². The lowest BCUT2D eigenvalue weighted by molar-refractivity contribution is -0.402. The summed E-state index contributed by atoms with van der Waals surface area (Å²) in [6, 6.07) is 8.84. The molecule has 0 aliphatic heterocycles. The molecular weight excluding hydrogens is 356 g/mol. The van der Waals surface area contributed by atoms with Crippen LogP contribution < -0.4 is 10.1 Å². The van der Waals surface area contributed by atoms with E-state index in [1.165, 1.54) is 0 Å². The predicted octanol–water partition coefficient (Wildman–Crippen LogP) is 2.19. The molecule has 0 radical (unpaired) electrons. The Morgan fingerprint density at radius 3 is 2.56 bits per heavy atom. The molecule has 0 unspecified atom stereocenters. The average molecular weight is 369 g/mol. The molecule has 25 heavy (non-hydrogen) atoms. The van der Waals surface area contributed by atoms with E-state index in [9.17, 15) is 19.7 Å². The second-order valence-electron chi connectivity index (χ2n) is 4.62. The molecule has 0 atom stereocenters. The summed E-state index contributed by atoms with van der Waals surface area (Å²) < 4.78 is 14.7. The first kappa shape index (κ1) is 18.3. The summed E-state index contributed by atoms with van der Waals surface area (Å²) in [5.41, 5.74) is 0. The lowest BCUT2D eigenvalue weighted by Gasteiger charge is -2.08. The first-order valence-corrected chi connectivity index (χ1v) is 7.40. The third-order valence-corrected chi connectivity index (χ3v) is 3.07. The fraction of sp³-hybridized carbons (Fsp3) is 0.200. The number of esters is 1. The highest BCUT2D eigenvalue weighted by Crippen LogP contribution is 2.16. The molecule has 0 fully saturated rings. The molecule has 0 saturated carbocycles. The van der Waals surface area contributed by atoms with E-state index in [0.29, 0.717) is 10.8 Å². The van der Waals surface area contributed by atoms with Crippen molar-refractivity contribution in [2.24, 2.45) is 0 Å². The average Bonchev–Trinajstić information content (AvgIpc) is 3.08. The van der Waals surface area contributed by atoms with E-state index in [1.807, 2.05) is 0 Å². The van der Waals surface area contributed by atoms with Crippen molar-refractivity contribution >= 4 is 29.4 Å². The number of furan rings is 1. The zero-order valence-electron chi connectivity index (χ0n) is 12.8. The second kappa shape index (κ2) is 8.69. The number of nitrogens with one attached hydrogen (secondary N) is 1. The van der Waals surface area contributed by atoms with Crippen molar-refractivity contribution in [3.05, 3.63) is 57.3 Å². The van der Waals surface area contributed by atoms with Crippen molar-refractivity contribution in [3.63, 3.8) is 0 Å². The Hall–Kier alpha value is -3.07. The van der Waals surface area contributed by atoms with Crippen LogP contribution in [0.25, 0.3) is 0 Å². The van der Waals surface area contributed by atoms with Gasteiger partial charge in [-0.15, -0.1) is 0 Å². The number of halogens is 1. The van der Waals surface area contributed by atoms with Crippen LogP contribution >= 0.6 is 11.6 Å². The largest absolute Gasteiger partial charge is 0.492 e. The minimum Gasteiger partial charge on any atom is -0.492 e. The minimum absolute atomic E-state index is 0.200.